The molecule has 0 fully saturated rings. The fraction of sp³-hybridized carbons (Fsp3) is 0.250. The van der Waals surface area contributed by atoms with Crippen LogP contribution in [0.1, 0.15) is 24.5 Å². The second-order valence-electron chi connectivity index (χ2n) is 5.55. The van der Waals surface area contributed by atoms with Crippen LogP contribution in [0.5, 0.6) is 0 Å². The van der Waals surface area contributed by atoms with E-state index in [1.165, 1.54) is 14.2 Å². The highest BCUT2D eigenvalue weighted by atomic mass is 16.5. The predicted octanol–water partition coefficient (Wildman–Crippen LogP) is 2.63. The molecule has 0 saturated carbocycles. The van der Waals surface area contributed by atoms with Crippen molar-refractivity contribution in [3.63, 3.8) is 0 Å². The van der Waals surface area contributed by atoms with Gasteiger partial charge < -0.3 is 9.47 Å². The lowest BCUT2D eigenvalue weighted by Gasteiger charge is -2.30. The predicted molar refractivity (Wildman–Crippen MR) is 98.6 cm³/mol. The maximum atomic E-state index is 12.6. The van der Waals surface area contributed by atoms with E-state index in [0.29, 0.717) is 17.5 Å². The van der Waals surface area contributed by atoms with Crippen LogP contribution in [0.2, 0.25) is 0 Å². The Bertz CT molecular complexity index is 775. The first kappa shape index (κ1) is 19.2. The first-order valence-corrected chi connectivity index (χ1v) is 8.21. The third kappa shape index (κ3) is 3.91. The molecule has 136 valence electrons. The minimum atomic E-state index is -1.22. The Morgan fingerprint density at radius 1 is 0.962 bits per heavy atom. The fourth-order valence-corrected chi connectivity index (χ4v) is 2.62. The van der Waals surface area contributed by atoms with E-state index in [4.69, 9.17) is 9.47 Å². The van der Waals surface area contributed by atoms with Gasteiger partial charge in [-0.15, -0.1) is 0 Å². The standard InChI is InChI=1S/C20H22N2O4/c1-4-20(19(24)26-3,16-13-9-6-10-14-16)22-21-17(18(23)25-2)15-11-7-5-8-12-15/h5-14,22H,4H2,1-3H3/b21-17-. The number of hydrogen-bond donors (Lipinski definition) is 1. The largest absolute Gasteiger partial charge is 0.467 e. The summed E-state index contributed by atoms with van der Waals surface area (Å²) in [5, 5.41) is 4.24. The fourth-order valence-electron chi connectivity index (χ4n) is 2.62. The van der Waals surface area contributed by atoms with Crippen molar-refractivity contribution in [1.82, 2.24) is 5.43 Å². The molecule has 1 N–H and O–H groups in total. The summed E-state index contributed by atoms with van der Waals surface area (Å²) in [6.45, 7) is 1.84. The Kier molecular flexibility index (Phi) is 6.49. The number of carbonyl (C=O) groups is 2. The van der Waals surface area contributed by atoms with Crippen LogP contribution in [0.4, 0.5) is 0 Å². The van der Waals surface area contributed by atoms with Gasteiger partial charge in [0.25, 0.3) is 0 Å². The Morgan fingerprint density at radius 3 is 2.04 bits per heavy atom. The van der Waals surface area contributed by atoms with Gasteiger partial charge in [0, 0.05) is 5.56 Å². The van der Waals surface area contributed by atoms with Crippen LogP contribution in [0.15, 0.2) is 65.8 Å². The van der Waals surface area contributed by atoms with E-state index in [9.17, 15) is 9.59 Å². The first-order chi connectivity index (χ1) is 12.6. The number of hydrogen-bond acceptors (Lipinski definition) is 6. The summed E-state index contributed by atoms with van der Waals surface area (Å²) in [5.41, 5.74) is 3.00. The second kappa shape index (κ2) is 8.80. The molecule has 0 saturated heterocycles. The van der Waals surface area contributed by atoms with Crippen molar-refractivity contribution >= 4 is 17.7 Å². The van der Waals surface area contributed by atoms with E-state index >= 15 is 0 Å². The molecule has 26 heavy (non-hydrogen) atoms. The van der Waals surface area contributed by atoms with Crippen LogP contribution in [0.25, 0.3) is 0 Å². The van der Waals surface area contributed by atoms with Crippen LogP contribution in [-0.2, 0) is 24.6 Å². The summed E-state index contributed by atoms with van der Waals surface area (Å²) in [6.07, 6.45) is 0.371. The van der Waals surface area contributed by atoms with Crippen molar-refractivity contribution in [2.45, 2.75) is 18.9 Å². The normalized spacial score (nSPS) is 13.4. The van der Waals surface area contributed by atoms with Crippen LogP contribution in [-0.4, -0.2) is 31.9 Å². The van der Waals surface area contributed by atoms with E-state index < -0.39 is 17.5 Å². The van der Waals surface area contributed by atoms with Gasteiger partial charge in [0.15, 0.2) is 11.3 Å². The number of rotatable bonds is 7. The molecule has 2 aromatic rings. The summed E-state index contributed by atoms with van der Waals surface area (Å²) < 4.78 is 9.83. The smallest absolute Gasteiger partial charge is 0.359 e. The molecule has 0 amide bonds. The minimum absolute atomic E-state index is 0.0748. The molecular formula is C20H22N2O4. The van der Waals surface area contributed by atoms with Gasteiger partial charge in [-0.3, -0.25) is 5.43 Å². The minimum Gasteiger partial charge on any atom is -0.467 e. The summed E-state index contributed by atoms with van der Waals surface area (Å²) >= 11 is 0. The lowest BCUT2D eigenvalue weighted by molar-refractivity contribution is -0.149. The van der Waals surface area contributed by atoms with Crippen LogP contribution < -0.4 is 5.43 Å². The topological polar surface area (TPSA) is 77.0 Å². The van der Waals surface area contributed by atoms with Crippen LogP contribution >= 0.6 is 0 Å². The van der Waals surface area contributed by atoms with Gasteiger partial charge in [0.2, 0.25) is 0 Å². The molecule has 2 rings (SSSR count). The van der Waals surface area contributed by atoms with Gasteiger partial charge in [-0.25, -0.2) is 9.59 Å². The highest BCUT2D eigenvalue weighted by Crippen LogP contribution is 2.27. The average Bonchev–Trinajstić information content (AvgIpc) is 2.72. The third-order valence-corrected chi connectivity index (χ3v) is 4.12. The zero-order valence-corrected chi connectivity index (χ0v) is 15.1. The van der Waals surface area contributed by atoms with Gasteiger partial charge in [-0.1, -0.05) is 67.6 Å². The number of esters is 2. The van der Waals surface area contributed by atoms with Crippen molar-refractivity contribution in [3.05, 3.63) is 71.8 Å². The maximum Gasteiger partial charge on any atom is 0.359 e. The number of benzene rings is 2. The number of ether oxygens (including phenoxy) is 2. The molecule has 1 unspecified atom stereocenters. The molecular weight excluding hydrogens is 332 g/mol. The molecule has 0 aromatic heterocycles. The average molecular weight is 354 g/mol. The molecule has 1 atom stereocenters. The highest BCUT2D eigenvalue weighted by Gasteiger charge is 2.40. The Labute approximate surface area is 152 Å². The molecule has 6 nitrogen and oxygen atoms in total. The Balaban J connectivity index is 2.51. The summed E-state index contributed by atoms with van der Waals surface area (Å²) in [5.74, 6) is -1.10. The van der Waals surface area contributed by atoms with Crippen molar-refractivity contribution in [1.29, 1.82) is 0 Å². The quantitative estimate of drug-likeness (QED) is 0.470. The molecule has 0 radical (unpaired) electrons. The third-order valence-electron chi connectivity index (χ3n) is 4.12. The molecule has 0 aliphatic heterocycles. The number of nitrogens with zero attached hydrogens (tertiary/aromatic N) is 1. The Hall–Kier alpha value is -3.15. The van der Waals surface area contributed by atoms with E-state index in [1.54, 1.807) is 24.3 Å². The van der Waals surface area contributed by atoms with Gasteiger partial charge in [0.1, 0.15) is 0 Å². The zero-order chi connectivity index (χ0) is 19.0. The molecule has 0 aliphatic carbocycles. The summed E-state index contributed by atoms with van der Waals surface area (Å²) in [4.78, 5) is 24.8. The molecule has 0 aliphatic rings. The van der Waals surface area contributed by atoms with Crippen LogP contribution in [0.3, 0.4) is 0 Å². The SMILES string of the molecule is CCC(N/N=C(\C(=O)OC)c1ccccc1)(C(=O)OC)c1ccccc1. The second-order valence-corrected chi connectivity index (χ2v) is 5.55. The van der Waals surface area contributed by atoms with Gasteiger partial charge >= 0.3 is 11.9 Å². The number of hydrazone groups is 1. The highest BCUT2D eigenvalue weighted by molar-refractivity contribution is 6.43. The maximum absolute atomic E-state index is 12.6. The first-order valence-electron chi connectivity index (χ1n) is 8.21. The summed E-state index contributed by atoms with van der Waals surface area (Å²) in [6, 6.07) is 18.0. The van der Waals surface area contributed by atoms with Crippen LogP contribution in [0, 0.1) is 0 Å². The summed E-state index contributed by atoms with van der Waals surface area (Å²) in [7, 11) is 2.60. The van der Waals surface area contributed by atoms with E-state index in [0.717, 1.165) is 0 Å². The van der Waals surface area contributed by atoms with Crippen molar-refractivity contribution < 1.29 is 19.1 Å². The lowest BCUT2D eigenvalue weighted by atomic mass is 9.88. The van der Waals surface area contributed by atoms with Gasteiger partial charge in [-0.2, -0.15) is 5.10 Å². The lowest BCUT2D eigenvalue weighted by Crippen LogP contribution is -2.48. The monoisotopic (exact) mass is 354 g/mol. The van der Waals surface area contributed by atoms with Crippen molar-refractivity contribution in [3.8, 4) is 0 Å². The molecule has 0 bridgehead atoms. The van der Waals surface area contributed by atoms with Gasteiger partial charge in [-0.05, 0) is 12.0 Å². The number of carbonyl (C=O) groups excluding carboxylic acids is 2. The van der Waals surface area contributed by atoms with E-state index in [2.05, 4.69) is 10.5 Å². The van der Waals surface area contributed by atoms with Crippen molar-refractivity contribution in [2.75, 3.05) is 14.2 Å². The van der Waals surface area contributed by atoms with Gasteiger partial charge in [0.05, 0.1) is 14.2 Å². The zero-order valence-electron chi connectivity index (χ0n) is 15.1. The Morgan fingerprint density at radius 2 is 1.54 bits per heavy atom. The molecule has 0 heterocycles. The molecule has 6 heteroatoms. The van der Waals surface area contributed by atoms with E-state index in [1.807, 2.05) is 43.3 Å². The molecule has 2 aromatic carbocycles. The van der Waals surface area contributed by atoms with Crippen molar-refractivity contribution in [2.24, 2.45) is 5.10 Å². The molecule has 0 spiro atoms. The number of nitrogens with one attached hydrogen (secondary N) is 1. The van der Waals surface area contributed by atoms with E-state index in [-0.39, 0.29) is 5.71 Å². The number of methoxy groups -OCH3 is 2.